The lowest BCUT2D eigenvalue weighted by atomic mass is 9.92. The minimum atomic E-state index is -0.239. The smallest absolute Gasteiger partial charge is 0.264 e. The molecule has 5 nitrogen and oxygen atoms in total. The van der Waals surface area contributed by atoms with Crippen molar-refractivity contribution in [1.82, 2.24) is 15.1 Å². The van der Waals surface area contributed by atoms with Crippen LogP contribution in [0.2, 0.25) is 0 Å². The van der Waals surface area contributed by atoms with Gasteiger partial charge in [0, 0.05) is 19.2 Å². The third-order valence-electron chi connectivity index (χ3n) is 4.57. The number of aromatic amines is 1. The molecule has 2 aliphatic rings. The van der Waals surface area contributed by atoms with E-state index in [0.29, 0.717) is 0 Å². The number of nitrogens with one attached hydrogen (secondary N) is 1. The average molecular weight is 315 g/mol. The van der Waals surface area contributed by atoms with Crippen LogP contribution in [0.4, 0.5) is 0 Å². The van der Waals surface area contributed by atoms with Gasteiger partial charge in [-0.3, -0.25) is 4.79 Å². The fourth-order valence-corrected chi connectivity index (χ4v) is 3.12. The Morgan fingerprint density at radius 1 is 1.35 bits per heavy atom. The molecule has 0 radical (unpaired) electrons. The van der Waals surface area contributed by atoms with E-state index in [1.807, 2.05) is 6.08 Å². The van der Waals surface area contributed by atoms with Crippen LogP contribution in [0.15, 0.2) is 35.2 Å². The fourth-order valence-electron chi connectivity index (χ4n) is 3.12. The first kappa shape index (κ1) is 16.1. The lowest BCUT2D eigenvalue weighted by Crippen LogP contribution is -2.29. The highest BCUT2D eigenvalue weighted by Gasteiger charge is 2.24. The van der Waals surface area contributed by atoms with Crippen molar-refractivity contribution in [3.05, 3.63) is 46.4 Å². The van der Waals surface area contributed by atoms with E-state index in [2.05, 4.69) is 34.2 Å². The number of H-pyrrole nitrogens is 1. The molecule has 1 aliphatic carbocycles. The van der Waals surface area contributed by atoms with Crippen LogP contribution in [0.5, 0.6) is 0 Å². The largest absolute Gasteiger partial charge is 0.371 e. The van der Waals surface area contributed by atoms with E-state index in [-0.39, 0.29) is 11.2 Å². The summed E-state index contributed by atoms with van der Waals surface area (Å²) in [5.74, 6) is 0. The highest BCUT2D eigenvalue weighted by molar-refractivity contribution is 5.72. The first-order chi connectivity index (χ1) is 11.1. The molecule has 1 aromatic heterocycles. The first-order valence-corrected chi connectivity index (χ1v) is 8.46. The van der Waals surface area contributed by atoms with Gasteiger partial charge in [0.2, 0.25) is 0 Å². The van der Waals surface area contributed by atoms with Crippen molar-refractivity contribution >= 4 is 5.57 Å². The Morgan fingerprint density at radius 3 is 2.83 bits per heavy atom. The molecule has 0 saturated carbocycles. The molecule has 1 aromatic rings. The molecule has 1 aliphatic heterocycles. The molecule has 3 rings (SSSR count). The van der Waals surface area contributed by atoms with Crippen LogP contribution in [-0.4, -0.2) is 46.9 Å². The van der Waals surface area contributed by atoms with Crippen molar-refractivity contribution in [3.63, 3.8) is 0 Å². The summed E-state index contributed by atoms with van der Waals surface area (Å²) in [5.41, 5.74) is 1.40. The SMILES string of the molecule is CC1(OCCCN2CCCC2)C=CC(c2ccc(=O)[nH]n2)=CC1. The summed E-state index contributed by atoms with van der Waals surface area (Å²) in [4.78, 5) is 13.6. The van der Waals surface area contributed by atoms with Crippen molar-refractivity contribution in [1.29, 1.82) is 0 Å². The van der Waals surface area contributed by atoms with Gasteiger partial charge < -0.3 is 9.64 Å². The lowest BCUT2D eigenvalue weighted by molar-refractivity contribution is 0.00336. The summed E-state index contributed by atoms with van der Waals surface area (Å²) >= 11 is 0. The lowest BCUT2D eigenvalue weighted by Gasteiger charge is -2.28. The summed E-state index contributed by atoms with van der Waals surface area (Å²) in [6.07, 6.45) is 10.9. The zero-order valence-electron chi connectivity index (χ0n) is 13.8. The molecule has 1 saturated heterocycles. The number of aromatic nitrogens is 2. The number of allylic oxidation sites excluding steroid dienone is 2. The number of hydrogen-bond acceptors (Lipinski definition) is 4. The van der Waals surface area contributed by atoms with Gasteiger partial charge in [-0.1, -0.05) is 18.2 Å². The number of likely N-dealkylation sites (tertiary alicyclic amines) is 1. The highest BCUT2D eigenvalue weighted by Crippen LogP contribution is 2.28. The Hall–Kier alpha value is -1.72. The molecule has 23 heavy (non-hydrogen) atoms. The van der Waals surface area contributed by atoms with Crippen molar-refractivity contribution < 1.29 is 4.74 Å². The summed E-state index contributed by atoms with van der Waals surface area (Å²) in [5, 5.41) is 6.54. The fraction of sp³-hybridized carbons (Fsp3) is 0.556. The Labute approximate surface area is 137 Å². The monoisotopic (exact) mass is 315 g/mol. The molecular weight excluding hydrogens is 290 g/mol. The van der Waals surface area contributed by atoms with Gasteiger partial charge in [-0.25, -0.2) is 5.10 Å². The molecule has 1 fully saturated rings. The van der Waals surface area contributed by atoms with Crippen molar-refractivity contribution in [3.8, 4) is 0 Å². The predicted molar refractivity (Wildman–Crippen MR) is 91.2 cm³/mol. The number of rotatable bonds is 6. The Morgan fingerprint density at radius 2 is 2.17 bits per heavy atom. The van der Waals surface area contributed by atoms with Crippen LogP contribution in [0.1, 0.15) is 38.3 Å². The van der Waals surface area contributed by atoms with Crippen molar-refractivity contribution in [2.24, 2.45) is 0 Å². The summed E-state index contributed by atoms with van der Waals surface area (Å²) in [7, 11) is 0. The molecular formula is C18H25N3O2. The Kier molecular flexibility index (Phi) is 5.08. The molecule has 124 valence electrons. The summed E-state index contributed by atoms with van der Waals surface area (Å²) < 4.78 is 6.10. The standard InChI is InChI=1S/C18H25N3O2/c1-18(23-14-4-13-21-11-2-3-12-21)9-7-15(8-10-18)16-5-6-17(22)20-19-16/h5-9H,2-4,10-14H2,1H3,(H,20,22). The molecule has 0 aromatic carbocycles. The van der Waals surface area contributed by atoms with Gasteiger partial charge in [0.1, 0.15) is 0 Å². The van der Waals surface area contributed by atoms with E-state index in [1.165, 1.54) is 32.0 Å². The Bertz CT molecular complexity index is 623. The van der Waals surface area contributed by atoms with E-state index < -0.39 is 0 Å². The van der Waals surface area contributed by atoms with Gasteiger partial charge in [-0.2, -0.15) is 5.10 Å². The van der Waals surface area contributed by atoms with Gasteiger partial charge in [0.05, 0.1) is 11.3 Å². The summed E-state index contributed by atoms with van der Waals surface area (Å²) in [6, 6.07) is 3.24. The van der Waals surface area contributed by atoms with E-state index in [0.717, 1.165) is 37.3 Å². The van der Waals surface area contributed by atoms with Crippen molar-refractivity contribution in [2.75, 3.05) is 26.2 Å². The predicted octanol–water partition coefficient (Wildman–Crippen LogP) is 2.37. The van der Waals surface area contributed by atoms with Gasteiger partial charge in [0.25, 0.3) is 5.56 Å². The van der Waals surface area contributed by atoms with Crippen LogP contribution in [0.25, 0.3) is 5.57 Å². The van der Waals surface area contributed by atoms with Gasteiger partial charge >= 0.3 is 0 Å². The molecule has 1 N–H and O–H groups in total. The topological polar surface area (TPSA) is 58.2 Å². The Balaban J connectivity index is 1.47. The van der Waals surface area contributed by atoms with Crippen LogP contribution < -0.4 is 5.56 Å². The average Bonchev–Trinajstić information content (AvgIpc) is 3.07. The second-order valence-corrected chi connectivity index (χ2v) is 6.57. The van der Waals surface area contributed by atoms with Crippen LogP contribution in [0.3, 0.4) is 0 Å². The third-order valence-corrected chi connectivity index (χ3v) is 4.57. The molecule has 1 atom stereocenters. The van der Waals surface area contributed by atoms with Crippen LogP contribution in [0, 0.1) is 0 Å². The molecule has 0 amide bonds. The number of hydrogen-bond donors (Lipinski definition) is 1. The van der Waals surface area contributed by atoms with Gasteiger partial charge in [-0.05, 0) is 57.3 Å². The minimum absolute atomic E-state index is 0.180. The van der Waals surface area contributed by atoms with Crippen molar-refractivity contribution in [2.45, 2.75) is 38.2 Å². The zero-order valence-corrected chi connectivity index (χ0v) is 13.8. The van der Waals surface area contributed by atoms with Gasteiger partial charge in [-0.15, -0.1) is 0 Å². The van der Waals surface area contributed by atoms with E-state index in [1.54, 1.807) is 6.07 Å². The molecule has 0 bridgehead atoms. The molecule has 1 unspecified atom stereocenters. The molecule has 5 heteroatoms. The van der Waals surface area contributed by atoms with Crippen LogP contribution in [-0.2, 0) is 4.74 Å². The molecule has 2 heterocycles. The minimum Gasteiger partial charge on any atom is -0.371 e. The normalized spacial score (nSPS) is 24.8. The maximum atomic E-state index is 11.1. The second-order valence-electron chi connectivity index (χ2n) is 6.57. The first-order valence-electron chi connectivity index (χ1n) is 8.46. The number of nitrogens with zero attached hydrogens (tertiary/aromatic N) is 2. The maximum Gasteiger partial charge on any atom is 0.264 e. The third kappa shape index (κ3) is 4.39. The maximum absolute atomic E-state index is 11.1. The number of ether oxygens (including phenoxy) is 1. The van der Waals surface area contributed by atoms with Crippen LogP contribution >= 0.6 is 0 Å². The quantitative estimate of drug-likeness (QED) is 0.819. The zero-order chi connectivity index (χ0) is 16.1. The van der Waals surface area contributed by atoms with E-state index in [9.17, 15) is 4.79 Å². The van der Waals surface area contributed by atoms with E-state index >= 15 is 0 Å². The summed E-state index contributed by atoms with van der Waals surface area (Å²) in [6.45, 7) is 6.54. The second kappa shape index (κ2) is 7.23. The highest BCUT2D eigenvalue weighted by atomic mass is 16.5. The van der Waals surface area contributed by atoms with Gasteiger partial charge in [0.15, 0.2) is 0 Å². The van der Waals surface area contributed by atoms with E-state index in [4.69, 9.17) is 4.74 Å². The molecule has 0 spiro atoms.